The number of ether oxygens (including phenoxy) is 2. The molecule has 0 aliphatic carbocycles. The van der Waals surface area contributed by atoms with Gasteiger partial charge in [0.25, 0.3) is 5.91 Å². The number of carbonyl (C=O) groups is 2. The van der Waals surface area contributed by atoms with Gasteiger partial charge in [-0.25, -0.2) is 4.79 Å². The molecule has 0 aliphatic rings. The molecule has 1 rings (SSSR count). The van der Waals surface area contributed by atoms with Crippen molar-refractivity contribution in [2.45, 2.75) is 19.1 Å². The second-order valence-corrected chi connectivity index (χ2v) is 5.46. The summed E-state index contributed by atoms with van der Waals surface area (Å²) in [6.07, 6.45) is 0.542. The van der Waals surface area contributed by atoms with Crippen LogP contribution < -0.4 is 10.1 Å². The van der Waals surface area contributed by atoms with E-state index in [1.54, 1.807) is 0 Å². The van der Waals surface area contributed by atoms with Crippen molar-refractivity contribution in [1.82, 2.24) is 5.32 Å². The normalized spacial score (nSPS) is 13.0. The molecule has 0 aliphatic heterocycles. The Hall–Kier alpha value is -1.76. The van der Waals surface area contributed by atoms with Crippen LogP contribution in [0.25, 0.3) is 0 Å². The number of carboxylic acid groups (broad SMARTS) is 1. The monoisotopic (exact) mass is 361 g/mol. The molecule has 126 valence electrons. The number of benzene rings is 1. The van der Waals surface area contributed by atoms with Crippen LogP contribution in [0.1, 0.15) is 6.92 Å². The first kappa shape index (κ1) is 19.3. The summed E-state index contributed by atoms with van der Waals surface area (Å²) in [4.78, 5) is 23.1. The Morgan fingerprint density at radius 1 is 1.35 bits per heavy atom. The van der Waals surface area contributed by atoms with Crippen LogP contribution in [0.4, 0.5) is 0 Å². The molecule has 2 N–H and O–H groups in total. The molecule has 6 nitrogen and oxygen atoms in total. The lowest BCUT2D eigenvalue weighted by Crippen LogP contribution is -2.48. The zero-order valence-corrected chi connectivity index (χ0v) is 13.9. The lowest BCUT2D eigenvalue weighted by molar-refractivity contribution is -0.144. The van der Waals surface area contributed by atoms with Crippen LogP contribution in [0.3, 0.4) is 0 Å². The molecule has 8 heteroatoms. The molecular weight excluding hydrogens is 345 g/mol. The fraction of sp³-hybridized carbons (Fsp3) is 0.333. The van der Waals surface area contributed by atoms with Gasteiger partial charge in [-0.3, -0.25) is 4.79 Å². The van der Waals surface area contributed by atoms with Gasteiger partial charge in [-0.1, -0.05) is 29.3 Å². The maximum atomic E-state index is 12.0. The molecule has 0 saturated heterocycles. The largest absolute Gasteiger partial charge is 0.481 e. The molecule has 1 amide bonds. The predicted octanol–water partition coefficient (Wildman–Crippen LogP) is 2.53. The van der Waals surface area contributed by atoms with Crippen LogP contribution in [-0.2, 0) is 14.3 Å². The van der Waals surface area contributed by atoms with Crippen LogP contribution >= 0.6 is 23.2 Å². The van der Waals surface area contributed by atoms with Crippen molar-refractivity contribution >= 4 is 35.1 Å². The van der Waals surface area contributed by atoms with Crippen molar-refractivity contribution < 1.29 is 24.2 Å². The maximum Gasteiger partial charge on any atom is 0.328 e. The molecule has 2 unspecified atom stereocenters. The van der Waals surface area contributed by atoms with Crippen LogP contribution in [-0.4, -0.2) is 42.3 Å². The number of halogens is 2. The molecule has 0 aromatic heterocycles. The summed E-state index contributed by atoms with van der Waals surface area (Å²) < 4.78 is 10.5. The number of carbonyl (C=O) groups excluding carboxylic acids is 1. The van der Waals surface area contributed by atoms with Crippen molar-refractivity contribution in [2.75, 3.05) is 13.2 Å². The number of hydrogen-bond acceptors (Lipinski definition) is 4. The van der Waals surface area contributed by atoms with Crippen LogP contribution in [0.15, 0.2) is 30.9 Å². The van der Waals surface area contributed by atoms with Gasteiger partial charge < -0.3 is 19.9 Å². The molecule has 0 bridgehead atoms. The van der Waals surface area contributed by atoms with E-state index in [-0.39, 0.29) is 13.2 Å². The molecule has 0 saturated carbocycles. The highest BCUT2D eigenvalue weighted by Gasteiger charge is 2.24. The fourth-order valence-electron chi connectivity index (χ4n) is 1.59. The summed E-state index contributed by atoms with van der Waals surface area (Å²) in [6, 6.07) is 3.34. The Morgan fingerprint density at radius 3 is 2.48 bits per heavy atom. The number of amides is 1. The molecule has 2 atom stereocenters. The Bertz CT molecular complexity index is 559. The summed E-state index contributed by atoms with van der Waals surface area (Å²) in [5.74, 6) is -1.50. The topological polar surface area (TPSA) is 84.9 Å². The summed E-state index contributed by atoms with van der Waals surface area (Å²) in [6.45, 7) is 4.94. The van der Waals surface area contributed by atoms with Gasteiger partial charge in [0.15, 0.2) is 12.1 Å². The molecule has 0 fully saturated rings. The van der Waals surface area contributed by atoms with E-state index in [1.165, 1.54) is 31.2 Å². The zero-order valence-electron chi connectivity index (χ0n) is 12.4. The summed E-state index contributed by atoms with van der Waals surface area (Å²) in [5.41, 5.74) is 0. The second-order valence-electron chi connectivity index (χ2n) is 4.59. The lowest BCUT2D eigenvalue weighted by Gasteiger charge is -2.19. The van der Waals surface area contributed by atoms with Gasteiger partial charge in [-0.15, -0.1) is 6.58 Å². The molecular formula is C15H17Cl2NO5. The Labute approximate surface area is 144 Å². The van der Waals surface area contributed by atoms with Gasteiger partial charge in [0.2, 0.25) is 0 Å². The third-order valence-corrected chi connectivity index (χ3v) is 3.09. The van der Waals surface area contributed by atoms with Crippen LogP contribution in [0.5, 0.6) is 5.75 Å². The van der Waals surface area contributed by atoms with Crippen molar-refractivity contribution in [1.29, 1.82) is 0 Å². The molecule has 0 radical (unpaired) electrons. The van der Waals surface area contributed by atoms with E-state index in [4.69, 9.17) is 37.8 Å². The summed E-state index contributed by atoms with van der Waals surface area (Å²) >= 11 is 11.7. The van der Waals surface area contributed by atoms with Crippen molar-refractivity contribution in [3.63, 3.8) is 0 Å². The highest BCUT2D eigenvalue weighted by Crippen LogP contribution is 2.24. The molecule has 1 aromatic rings. The van der Waals surface area contributed by atoms with E-state index in [1.807, 2.05) is 0 Å². The van der Waals surface area contributed by atoms with E-state index in [0.717, 1.165) is 0 Å². The first-order chi connectivity index (χ1) is 10.8. The highest BCUT2D eigenvalue weighted by molar-refractivity contribution is 6.34. The van der Waals surface area contributed by atoms with E-state index >= 15 is 0 Å². The maximum absolute atomic E-state index is 12.0. The van der Waals surface area contributed by atoms with Gasteiger partial charge in [-0.2, -0.15) is 0 Å². The van der Waals surface area contributed by atoms with E-state index in [0.29, 0.717) is 15.8 Å². The molecule has 0 spiro atoms. The number of carboxylic acids is 1. The third kappa shape index (κ3) is 6.90. The minimum absolute atomic E-state index is 0.178. The standard InChI is InChI=1S/C15H17Cl2NO5/c1-3-4-22-8-13(15(20)21)18-14(19)9(2)23-12-6-10(16)5-11(17)7-12/h3,5-7,9,13H,1,4,8H2,2H3,(H,18,19)(H,20,21). The minimum Gasteiger partial charge on any atom is -0.481 e. The number of aliphatic carboxylic acids is 1. The smallest absolute Gasteiger partial charge is 0.328 e. The Morgan fingerprint density at radius 2 is 1.96 bits per heavy atom. The fourth-order valence-corrected chi connectivity index (χ4v) is 2.09. The molecule has 23 heavy (non-hydrogen) atoms. The average molecular weight is 362 g/mol. The first-order valence-electron chi connectivity index (χ1n) is 6.68. The van der Waals surface area contributed by atoms with Crippen molar-refractivity contribution in [3.8, 4) is 5.75 Å². The van der Waals surface area contributed by atoms with Crippen LogP contribution in [0, 0.1) is 0 Å². The molecule has 0 heterocycles. The number of nitrogens with one attached hydrogen (secondary N) is 1. The zero-order chi connectivity index (χ0) is 17.4. The minimum atomic E-state index is -1.21. The summed E-state index contributed by atoms with van der Waals surface area (Å²) in [5, 5.41) is 12.1. The molecule has 1 aromatic carbocycles. The van der Waals surface area contributed by atoms with E-state index in [2.05, 4.69) is 11.9 Å². The number of rotatable bonds is 9. The van der Waals surface area contributed by atoms with Crippen molar-refractivity contribution in [3.05, 3.63) is 40.9 Å². The van der Waals surface area contributed by atoms with Gasteiger partial charge in [0, 0.05) is 10.0 Å². The Balaban J connectivity index is 2.63. The SMILES string of the molecule is C=CCOCC(NC(=O)C(C)Oc1cc(Cl)cc(Cl)c1)C(=O)O. The quantitative estimate of drug-likeness (QED) is 0.521. The van der Waals surface area contributed by atoms with Gasteiger partial charge in [-0.05, 0) is 25.1 Å². The van der Waals surface area contributed by atoms with Gasteiger partial charge >= 0.3 is 5.97 Å². The number of hydrogen-bond donors (Lipinski definition) is 2. The van der Waals surface area contributed by atoms with Crippen molar-refractivity contribution in [2.24, 2.45) is 0 Å². The Kier molecular flexibility index (Phi) is 7.88. The second kappa shape index (κ2) is 9.39. The third-order valence-electron chi connectivity index (χ3n) is 2.65. The highest BCUT2D eigenvalue weighted by atomic mass is 35.5. The van der Waals surface area contributed by atoms with E-state index < -0.39 is 24.0 Å². The summed E-state index contributed by atoms with van der Waals surface area (Å²) in [7, 11) is 0. The van der Waals surface area contributed by atoms with E-state index in [9.17, 15) is 9.59 Å². The average Bonchev–Trinajstić information content (AvgIpc) is 2.44. The predicted molar refractivity (Wildman–Crippen MR) is 87.1 cm³/mol. The van der Waals surface area contributed by atoms with Crippen LogP contribution in [0.2, 0.25) is 10.0 Å². The lowest BCUT2D eigenvalue weighted by atomic mass is 10.2. The van der Waals surface area contributed by atoms with Gasteiger partial charge in [0.05, 0.1) is 13.2 Å². The first-order valence-corrected chi connectivity index (χ1v) is 7.43. The van der Waals surface area contributed by atoms with Gasteiger partial charge in [0.1, 0.15) is 5.75 Å².